The normalized spacial score (nSPS) is 12.2. The number of rotatable bonds is 5. The number of aromatic nitrogens is 2. The molecule has 0 saturated carbocycles. The minimum Gasteiger partial charge on any atom is -0.385 e. The highest BCUT2D eigenvalue weighted by Crippen LogP contribution is 2.28. The molecule has 0 aliphatic heterocycles. The number of fused-ring (bicyclic) bond motifs is 1. The van der Waals surface area contributed by atoms with Crippen molar-refractivity contribution in [2.45, 2.75) is 33.7 Å². The summed E-state index contributed by atoms with van der Waals surface area (Å²) in [5.41, 5.74) is 9.49. The lowest BCUT2D eigenvalue weighted by molar-refractivity contribution is 0.143. The Hall–Kier alpha value is -1.55. The van der Waals surface area contributed by atoms with Gasteiger partial charge in [0.25, 0.3) is 0 Å². The number of nitrogen functional groups attached to an aromatic ring is 1. The van der Waals surface area contributed by atoms with Gasteiger partial charge in [-0.2, -0.15) is 0 Å². The van der Waals surface area contributed by atoms with Crippen molar-refractivity contribution < 1.29 is 4.74 Å². The Kier molecular flexibility index (Phi) is 3.80. The van der Waals surface area contributed by atoms with E-state index < -0.39 is 0 Å². The van der Waals surface area contributed by atoms with Crippen LogP contribution in [0.15, 0.2) is 18.2 Å². The Morgan fingerprint density at radius 1 is 1.37 bits per heavy atom. The van der Waals surface area contributed by atoms with E-state index in [1.165, 1.54) is 5.56 Å². The smallest absolute Gasteiger partial charge is 0.201 e. The number of ether oxygens (including phenoxy) is 1. The number of nitrogens with two attached hydrogens (primary N) is 1. The lowest BCUT2D eigenvalue weighted by Crippen LogP contribution is -2.22. The zero-order chi connectivity index (χ0) is 14.0. The number of imidazole rings is 1. The largest absolute Gasteiger partial charge is 0.385 e. The lowest BCUT2D eigenvalue weighted by atomic mass is 9.89. The van der Waals surface area contributed by atoms with E-state index in [1.54, 1.807) is 7.11 Å². The maximum Gasteiger partial charge on any atom is 0.201 e. The van der Waals surface area contributed by atoms with Crippen molar-refractivity contribution >= 4 is 17.0 Å². The predicted molar refractivity (Wildman–Crippen MR) is 79.2 cm³/mol. The number of nitrogens with zero attached hydrogens (tertiary/aromatic N) is 2. The Balaban J connectivity index is 2.34. The van der Waals surface area contributed by atoms with Gasteiger partial charge in [0.1, 0.15) is 0 Å². The van der Waals surface area contributed by atoms with Gasteiger partial charge in [-0.1, -0.05) is 19.9 Å². The molecule has 1 heterocycles. The van der Waals surface area contributed by atoms with Gasteiger partial charge < -0.3 is 15.0 Å². The first-order chi connectivity index (χ1) is 8.93. The summed E-state index contributed by atoms with van der Waals surface area (Å²) in [5.74, 6) is 0.589. The molecule has 0 aliphatic carbocycles. The maximum atomic E-state index is 6.06. The molecular weight excluding hydrogens is 238 g/mol. The molecule has 0 unspecified atom stereocenters. The van der Waals surface area contributed by atoms with Gasteiger partial charge in [0.15, 0.2) is 0 Å². The summed E-state index contributed by atoms with van der Waals surface area (Å²) in [6.07, 6.45) is 0.994. The van der Waals surface area contributed by atoms with Crippen LogP contribution in [0.5, 0.6) is 0 Å². The molecule has 1 aromatic heterocycles. The van der Waals surface area contributed by atoms with Gasteiger partial charge in [-0.25, -0.2) is 4.98 Å². The molecule has 2 N–H and O–H groups in total. The van der Waals surface area contributed by atoms with Crippen molar-refractivity contribution in [3.8, 4) is 0 Å². The molecule has 0 saturated heterocycles. The van der Waals surface area contributed by atoms with Crippen molar-refractivity contribution in [1.82, 2.24) is 9.55 Å². The summed E-state index contributed by atoms with van der Waals surface area (Å²) in [6.45, 7) is 8.16. The monoisotopic (exact) mass is 261 g/mol. The minimum absolute atomic E-state index is 0.126. The first-order valence-electron chi connectivity index (χ1n) is 6.64. The highest BCUT2D eigenvalue weighted by Gasteiger charge is 2.21. The van der Waals surface area contributed by atoms with Crippen molar-refractivity contribution in [3.05, 3.63) is 23.8 Å². The van der Waals surface area contributed by atoms with Gasteiger partial charge in [0, 0.05) is 20.3 Å². The van der Waals surface area contributed by atoms with Crippen molar-refractivity contribution in [3.63, 3.8) is 0 Å². The molecule has 0 bridgehead atoms. The number of anilines is 1. The number of hydrogen-bond donors (Lipinski definition) is 1. The predicted octanol–water partition coefficient (Wildman–Crippen LogP) is 2.99. The minimum atomic E-state index is 0.126. The highest BCUT2D eigenvalue weighted by atomic mass is 16.5. The second-order valence-electron chi connectivity index (χ2n) is 5.96. The number of hydrogen-bond acceptors (Lipinski definition) is 3. The molecule has 2 rings (SSSR count). The van der Waals surface area contributed by atoms with E-state index in [2.05, 4.69) is 42.5 Å². The summed E-state index contributed by atoms with van der Waals surface area (Å²) < 4.78 is 7.29. The average molecular weight is 261 g/mol. The third-order valence-electron chi connectivity index (χ3n) is 3.50. The van der Waals surface area contributed by atoms with Gasteiger partial charge in [-0.05, 0) is 36.5 Å². The second-order valence-corrected chi connectivity index (χ2v) is 5.96. The Morgan fingerprint density at radius 2 is 2.11 bits per heavy atom. The van der Waals surface area contributed by atoms with Crippen LogP contribution in [0.1, 0.15) is 25.8 Å². The molecular formula is C15H23N3O. The molecule has 0 spiro atoms. The van der Waals surface area contributed by atoms with Crippen LogP contribution in [-0.4, -0.2) is 23.3 Å². The summed E-state index contributed by atoms with van der Waals surface area (Å²) >= 11 is 0. The molecule has 0 amide bonds. The topological polar surface area (TPSA) is 53.1 Å². The van der Waals surface area contributed by atoms with E-state index in [9.17, 15) is 0 Å². The van der Waals surface area contributed by atoms with Gasteiger partial charge >= 0.3 is 0 Å². The van der Waals surface area contributed by atoms with E-state index in [4.69, 9.17) is 10.5 Å². The molecule has 0 radical (unpaired) electrons. The Morgan fingerprint density at radius 3 is 2.79 bits per heavy atom. The van der Waals surface area contributed by atoms with Crippen LogP contribution in [0, 0.1) is 12.3 Å². The van der Waals surface area contributed by atoms with Crippen molar-refractivity contribution in [2.75, 3.05) is 19.5 Å². The molecule has 4 nitrogen and oxygen atoms in total. The summed E-state index contributed by atoms with van der Waals surface area (Å²) in [4.78, 5) is 4.43. The van der Waals surface area contributed by atoms with Crippen LogP contribution in [-0.2, 0) is 11.3 Å². The third-order valence-corrected chi connectivity index (χ3v) is 3.50. The molecule has 0 fully saturated rings. The number of aryl methyl sites for hydroxylation is 1. The maximum absolute atomic E-state index is 6.06. The molecule has 0 atom stereocenters. The van der Waals surface area contributed by atoms with Crippen LogP contribution in [0.4, 0.5) is 5.95 Å². The standard InChI is InChI=1S/C15H23N3O/c1-11-5-6-12-13(9-11)18(14(16)17-12)10-15(2,3)7-8-19-4/h5-6,9H,7-8,10H2,1-4H3,(H2,16,17). The first-order valence-corrected chi connectivity index (χ1v) is 6.64. The van der Waals surface area contributed by atoms with E-state index >= 15 is 0 Å². The molecule has 104 valence electrons. The van der Waals surface area contributed by atoms with Crippen LogP contribution >= 0.6 is 0 Å². The highest BCUT2D eigenvalue weighted by molar-refractivity contribution is 5.79. The van der Waals surface area contributed by atoms with Gasteiger partial charge in [0.05, 0.1) is 11.0 Å². The van der Waals surface area contributed by atoms with Crippen molar-refractivity contribution in [2.24, 2.45) is 5.41 Å². The molecule has 4 heteroatoms. The van der Waals surface area contributed by atoms with E-state index in [1.807, 2.05) is 6.07 Å². The molecule has 19 heavy (non-hydrogen) atoms. The second kappa shape index (κ2) is 5.21. The Bertz CT molecular complexity index is 572. The zero-order valence-corrected chi connectivity index (χ0v) is 12.2. The molecule has 0 aliphatic rings. The zero-order valence-electron chi connectivity index (χ0n) is 12.2. The van der Waals surface area contributed by atoms with Gasteiger partial charge in [0.2, 0.25) is 5.95 Å². The fourth-order valence-electron chi connectivity index (χ4n) is 2.30. The lowest BCUT2D eigenvalue weighted by Gasteiger charge is -2.25. The average Bonchev–Trinajstić information content (AvgIpc) is 2.63. The number of benzene rings is 1. The summed E-state index contributed by atoms with van der Waals surface area (Å²) in [6, 6.07) is 6.24. The fraction of sp³-hybridized carbons (Fsp3) is 0.533. The summed E-state index contributed by atoms with van der Waals surface area (Å²) in [7, 11) is 1.74. The van der Waals surface area contributed by atoms with Crippen LogP contribution in [0.2, 0.25) is 0 Å². The van der Waals surface area contributed by atoms with Gasteiger partial charge in [-0.15, -0.1) is 0 Å². The summed E-state index contributed by atoms with van der Waals surface area (Å²) in [5, 5.41) is 0. The van der Waals surface area contributed by atoms with Crippen molar-refractivity contribution in [1.29, 1.82) is 0 Å². The van der Waals surface area contributed by atoms with E-state index in [-0.39, 0.29) is 5.41 Å². The molecule has 2 aromatic rings. The number of methoxy groups -OCH3 is 1. The van der Waals surface area contributed by atoms with E-state index in [0.29, 0.717) is 5.95 Å². The fourth-order valence-corrected chi connectivity index (χ4v) is 2.30. The Labute approximate surface area is 114 Å². The first kappa shape index (κ1) is 13.9. The quantitative estimate of drug-likeness (QED) is 0.900. The molecule has 1 aromatic carbocycles. The van der Waals surface area contributed by atoms with Crippen LogP contribution < -0.4 is 5.73 Å². The van der Waals surface area contributed by atoms with Gasteiger partial charge in [-0.3, -0.25) is 0 Å². The van der Waals surface area contributed by atoms with Crippen LogP contribution in [0.25, 0.3) is 11.0 Å². The third kappa shape index (κ3) is 3.07. The SMILES string of the molecule is COCCC(C)(C)Cn1c(N)nc2ccc(C)cc21. The van der Waals surface area contributed by atoms with Crippen LogP contribution in [0.3, 0.4) is 0 Å². The van der Waals surface area contributed by atoms with E-state index in [0.717, 1.165) is 30.6 Å².